The van der Waals surface area contributed by atoms with Gasteiger partial charge in [0, 0.05) is 11.1 Å². The minimum Gasteiger partial charge on any atom is -0.454 e. The molecular formula is C16H16ClNO2. The molecule has 3 rings (SSSR count). The molecule has 0 bridgehead atoms. The molecule has 1 heterocycles. The van der Waals surface area contributed by atoms with Gasteiger partial charge in [-0.3, -0.25) is 0 Å². The number of likely N-dealkylation sites (N-methyl/N-ethyl adjacent to an activating group) is 1. The minimum atomic E-state index is 0.227. The number of ether oxygens (including phenoxy) is 2. The van der Waals surface area contributed by atoms with Crippen molar-refractivity contribution in [3.63, 3.8) is 0 Å². The Kier molecular flexibility index (Phi) is 3.81. The molecule has 0 aliphatic carbocycles. The maximum Gasteiger partial charge on any atom is 0.231 e. The highest BCUT2D eigenvalue weighted by atomic mass is 35.5. The maximum atomic E-state index is 5.92. The largest absolute Gasteiger partial charge is 0.454 e. The van der Waals surface area contributed by atoms with Crippen molar-refractivity contribution in [3.8, 4) is 11.5 Å². The van der Waals surface area contributed by atoms with Crippen LogP contribution in [0.25, 0.3) is 0 Å². The molecule has 104 valence electrons. The zero-order valence-corrected chi connectivity index (χ0v) is 12.0. The van der Waals surface area contributed by atoms with Crippen LogP contribution in [0, 0.1) is 0 Å². The molecule has 2 aromatic carbocycles. The van der Waals surface area contributed by atoms with Crippen molar-refractivity contribution in [1.29, 1.82) is 0 Å². The lowest BCUT2D eigenvalue weighted by Gasteiger charge is -2.17. The average molecular weight is 290 g/mol. The molecule has 20 heavy (non-hydrogen) atoms. The van der Waals surface area contributed by atoms with Crippen molar-refractivity contribution < 1.29 is 9.47 Å². The molecule has 1 aliphatic rings. The number of benzene rings is 2. The van der Waals surface area contributed by atoms with Crippen LogP contribution >= 0.6 is 11.6 Å². The standard InChI is InChI=1S/C16H16ClNO2/c1-18-14(8-11-2-5-13(17)6-3-11)12-4-7-15-16(9-12)20-10-19-15/h2-7,9,14,18H,8,10H2,1H3. The summed E-state index contributed by atoms with van der Waals surface area (Å²) in [4.78, 5) is 0. The first kappa shape index (κ1) is 13.3. The monoisotopic (exact) mass is 289 g/mol. The second kappa shape index (κ2) is 5.73. The van der Waals surface area contributed by atoms with Crippen molar-refractivity contribution >= 4 is 11.6 Å². The van der Waals surface area contributed by atoms with Crippen molar-refractivity contribution in [3.05, 3.63) is 58.6 Å². The lowest BCUT2D eigenvalue weighted by Crippen LogP contribution is -2.18. The van der Waals surface area contributed by atoms with Crippen LogP contribution in [0.1, 0.15) is 17.2 Å². The average Bonchev–Trinajstić information content (AvgIpc) is 2.94. The van der Waals surface area contributed by atoms with E-state index >= 15 is 0 Å². The summed E-state index contributed by atoms with van der Waals surface area (Å²) in [5, 5.41) is 4.11. The van der Waals surface area contributed by atoms with Crippen LogP contribution in [0.15, 0.2) is 42.5 Å². The van der Waals surface area contributed by atoms with Gasteiger partial charge in [-0.15, -0.1) is 0 Å². The molecule has 4 heteroatoms. The third kappa shape index (κ3) is 2.74. The number of hydrogen-bond acceptors (Lipinski definition) is 3. The smallest absolute Gasteiger partial charge is 0.231 e. The van der Waals surface area contributed by atoms with Gasteiger partial charge >= 0.3 is 0 Å². The van der Waals surface area contributed by atoms with E-state index in [1.54, 1.807) is 0 Å². The summed E-state index contributed by atoms with van der Waals surface area (Å²) in [6.45, 7) is 0.306. The van der Waals surface area contributed by atoms with Crippen LogP contribution in [0.3, 0.4) is 0 Å². The third-order valence-electron chi connectivity index (χ3n) is 3.50. The molecule has 0 saturated carbocycles. The Bertz CT molecular complexity index is 598. The van der Waals surface area contributed by atoms with E-state index in [4.69, 9.17) is 21.1 Å². The molecule has 1 N–H and O–H groups in total. The molecule has 0 amide bonds. The number of fused-ring (bicyclic) bond motifs is 1. The fourth-order valence-electron chi connectivity index (χ4n) is 2.37. The van der Waals surface area contributed by atoms with Crippen LogP contribution in [0.2, 0.25) is 5.02 Å². The molecular weight excluding hydrogens is 274 g/mol. The van der Waals surface area contributed by atoms with Crippen molar-refractivity contribution in [1.82, 2.24) is 5.32 Å². The molecule has 3 nitrogen and oxygen atoms in total. The quantitative estimate of drug-likeness (QED) is 0.933. The Hall–Kier alpha value is -1.71. The first-order chi connectivity index (χ1) is 9.76. The Morgan fingerprint density at radius 2 is 1.85 bits per heavy atom. The molecule has 0 aromatic heterocycles. The predicted octanol–water partition coefficient (Wildman–Crippen LogP) is 3.57. The highest BCUT2D eigenvalue weighted by Gasteiger charge is 2.17. The fraction of sp³-hybridized carbons (Fsp3) is 0.250. The van der Waals surface area contributed by atoms with Crippen molar-refractivity contribution in [2.24, 2.45) is 0 Å². The Labute approximate surface area is 123 Å². The molecule has 0 fully saturated rings. The van der Waals surface area contributed by atoms with Crippen molar-refractivity contribution in [2.75, 3.05) is 13.8 Å². The molecule has 1 unspecified atom stereocenters. The van der Waals surface area contributed by atoms with Gasteiger partial charge in [-0.1, -0.05) is 29.8 Å². The lowest BCUT2D eigenvalue weighted by atomic mass is 9.98. The highest BCUT2D eigenvalue weighted by Crippen LogP contribution is 2.34. The lowest BCUT2D eigenvalue weighted by molar-refractivity contribution is 0.174. The van der Waals surface area contributed by atoms with Crippen LogP contribution in [-0.2, 0) is 6.42 Å². The van der Waals surface area contributed by atoms with Gasteiger partial charge in [0.1, 0.15) is 0 Å². The number of rotatable bonds is 4. The molecule has 0 spiro atoms. The van der Waals surface area contributed by atoms with Gasteiger partial charge in [0.05, 0.1) is 0 Å². The van der Waals surface area contributed by atoms with E-state index in [2.05, 4.69) is 23.5 Å². The molecule has 2 aromatic rings. The Morgan fingerprint density at radius 1 is 1.10 bits per heavy atom. The van der Waals surface area contributed by atoms with Gasteiger partial charge < -0.3 is 14.8 Å². The Morgan fingerprint density at radius 3 is 2.60 bits per heavy atom. The summed E-state index contributed by atoms with van der Waals surface area (Å²) in [6.07, 6.45) is 0.896. The van der Waals surface area contributed by atoms with Gasteiger partial charge in [-0.25, -0.2) is 0 Å². The third-order valence-corrected chi connectivity index (χ3v) is 3.75. The topological polar surface area (TPSA) is 30.5 Å². The molecule has 0 radical (unpaired) electrons. The molecule has 0 saturated heterocycles. The van der Waals surface area contributed by atoms with Crippen LogP contribution in [0.5, 0.6) is 11.5 Å². The number of halogens is 1. The summed E-state index contributed by atoms with van der Waals surface area (Å²) in [6, 6.07) is 14.3. The normalized spacial score (nSPS) is 14.3. The fourth-order valence-corrected chi connectivity index (χ4v) is 2.50. The summed E-state index contributed by atoms with van der Waals surface area (Å²) < 4.78 is 10.8. The maximum absolute atomic E-state index is 5.92. The van der Waals surface area contributed by atoms with Crippen LogP contribution in [0.4, 0.5) is 0 Å². The second-order valence-electron chi connectivity index (χ2n) is 4.78. The summed E-state index contributed by atoms with van der Waals surface area (Å²) >= 11 is 5.92. The van der Waals surface area contributed by atoms with Crippen molar-refractivity contribution in [2.45, 2.75) is 12.5 Å². The Balaban J connectivity index is 1.81. The van der Waals surface area contributed by atoms with Gasteiger partial charge in [0.25, 0.3) is 0 Å². The van der Waals surface area contributed by atoms with Crippen LogP contribution in [-0.4, -0.2) is 13.8 Å². The summed E-state index contributed by atoms with van der Waals surface area (Å²) in [5.41, 5.74) is 2.43. The van der Waals surface area contributed by atoms with E-state index in [0.717, 1.165) is 22.9 Å². The van der Waals surface area contributed by atoms with Crippen LogP contribution < -0.4 is 14.8 Å². The number of hydrogen-bond donors (Lipinski definition) is 1. The van der Waals surface area contributed by atoms with E-state index < -0.39 is 0 Å². The SMILES string of the molecule is CNC(Cc1ccc(Cl)cc1)c1ccc2c(c1)OCO2. The van der Waals surface area contributed by atoms with Gasteiger partial charge in [0.2, 0.25) is 6.79 Å². The summed E-state index contributed by atoms with van der Waals surface area (Å²) in [5.74, 6) is 1.63. The summed E-state index contributed by atoms with van der Waals surface area (Å²) in [7, 11) is 1.96. The molecule has 1 aliphatic heterocycles. The predicted molar refractivity (Wildman–Crippen MR) is 79.5 cm³/mol. The van der Waals surface area contributed by atoms with E-state index in [1.165, 1.54) is 11.1 Å². The van der Waals surface area contributed by atoms with Gasteiger partial charge in [-0.2, -0.15) is 0 Å². The zero-order chi connectivity index (χ0) is 13.9. The second-order valence-corrected chi connectivity index (χ2v) is 5.22. The van der Waals surface area contributed by atoms with E-state index in [0.29, 0.717) is 6.79 Å². The van der Waals surface area contributed by atoms with Gasteiger partial charge in [0.15, 0.2) is 11.5 Å². The van der Waals surface area contributed by atoms with Gasteiger partial charge in [-0.05, 0) is 48.9 Å². The zero-order valence-electron chi connectivity index (χ0n) is 11.2. The van der Waals surface area contributed by atoms with E-state index in [9.17, 15) is 0 Å². The van der Waals surface area contributed by atoms with E-state index in [1.807, 2.05) is 31.3 Å². The van der Waals surface area contributed by atoms with E-state index in [-0.39, 0.29) is 6.04 Å². The number of nitrogens with one attached hydrogen (secondary N) is 1. The first-order valence-corrected chi connectivity index (χ1v) is 6.95. The minimum absolute atomic E-state index is 0.227. The molecule has 1 atom stereocenters. The highest BCUT2D eigenvalue weighted by molar-refractivity contribution is 6.30. The first-order valence-electron chi connectivity index (χ1n) is 6.57.